The van der Waals surface area contributed by atoms with Crippen LogP contribution in [-0.4, -0.2) is 46.7 Å². The van der Waals surface area contributed by atoms with E-state index in [1.165, 1.54) is 52.8 Å². The summed E-state index contributed by atoms with van der Waals surface area (Å²) in [5, 5.41) is 2.31. The molecule has 8 nitrogen and oxygen atoms in total. The number of benzene rings is 3. The number of hydrogen-bond acceptors (Lipinski definition) is 5. The first-order chi connectivity index (χ1) is 19.7. The molecule has 224 valence electrons. The van der Waals surface area contributed by atoms with Gasteiger partial charge in [0.15, 0.2) is 0 Å². The minimum atomic E-state index is -4.71. The SMILES string of the molecule is C=CCN(c1cccc(C(F)(F)F)c1)S(=O)(=O)c1cc(C(=O)Nc2cccc(S(=O)(=O)N3CCCCC3)c2)ccc1Cl. The van der Waals surface area contributed by atoms with E-state index < -0.39 is 42.6 Å². The maximum absolute atomic E-state index is 13.7. The molecule has 3 aromatic rings. The first kappa shape index (κ1) is 31.5. The standard InChI is InChI=1S/C28H27ClF3N3O5S2/c1-2-14-35(23-10-6-8-21(18-23)28(30,31)32)42(39,40)26-17-20(12-13-25(26)29)27(36)33-22-9-7-11-24(19-22)41(37,38)34-15-4-3-5-16-34/h2,6-13,17-19H,1,3-5,14-16H2,(H,33,36). The van der Waals surface area contributed by atoms with Gasteiger partial charge in [-0.05, 0) is 67.4 Å². The average molecular weight is 642 g/mol. The molecule has 3 aromatic carbocycles. The Morgan fingerprint density at radius 3 is 2.33 bits per heavy atom. The Hall–Kier alpha value is -3.39. The second-order valence-corrected chi connectivity index (χ2v) is 13.6. The van der Waals surface area contributed by atoms with E-state index in [1.807, 2.05) is 0 Å². The molecule has 1 amide bonds. The molecule has 1 fully saturated rings. The van der Waals surface area contributed by atoms with E-state index in [1.54, 1.807) is 0 Å². The highest BCUT2D eigenvalue weighted by atomic mass is 35.5. The monoisotopic (exact) mass is 641 g/mol. The van der Waals surface area contributed by atoms with Crippen molar-refractivity contribution in [3.63, 3.8) is 0 Å². The molecule has 1 heterocycles. The zero-order chi connectivity index (χ0) is 30.7. The molecule has 1 aliphatic heterocycles. The predicted octanol–water partition coefficient (Wildman–Crippen LogP) is 6.17. The Morgan fingerprint density at radius 2 is 1.67 bits per heavy atom. The van der Waals surface area contributed by atoms with Gasteiger partial charge in [-0.15, -0.1) is 6.58 Å². The van der Waals surface area contributed by atoms with Crippen molar-refractivity contribution in [1.29, 1.82) is 0 Å². The molecule has 42 heavy (non-hydrogen) atoms. The number of anilines is 2. The lowest BCUT2D eigenvalue weighted by molar-refractivity contribution is -0.137. The zero-order valence-electron chi connectivity index (χ0n) is 22.1. The second kappa shape index (κ2) is 12.5. The van der Waals surface area contributed by atoms with Crippen LogP contribution in [0.3, 0.4) is 0 Å². The normalized spacial score (nSPS) is 14.8. The van der Waals surface area contributed by atoms with Crippen molar-refractivity contribution in [2.75, 3.05) is 29.3 Å². The van der Waals surface area contributed by atoms with Gasteiger partial charge in [0.2, 0.25) is 10.0 Å². The quantitative estimate of drug-likeness (QED) is 0.282. The van der Waals surface area contributed by atoms with Crippen molar-refractivity contribution in [1.82, 2.24) is 4.31 Å². The molecule has 0 saturated carbocycles. The Bertz CT molecular complexity index is 1710. The Morgan fingerprint density at radius 1 is 0.976 bits per heavy atom. The topological polar surface area (TPSA) is 104 Å². The lowest BCUT2D eigenvalue weighted by Crippen LogP contribution is -2.35. The van der Waals surface area contributed by atoms with E-state index in [0.717, 1.165) is 37.5 Å². The van der Waals surface area contributed by atoms with Crippen LogP contribution in [0.5, 0.6) is 0 Å². The van der Waals surface area contributed by atoms with Crippen LogP contribution in [0.2, 0.25) is 5.02 Å². The number of alkyl halides is 3. The van der Waals surface area contributed by atoms with Gasteiger partial charge in [0.05, 0.1) is 27.7 Å². The number of carbonyl (C=O) groups excluding carboxylic acids is 1. The summed E-state index contributed by atoms with van der Waals surface area (Å²) in [6.45, 7) is 3.94. The number of carbonyl (C=O) groups is 1. The number of hydrogen-bond donors (Lipinski definition) is 1. The summed E-state index contributed by atoms with van der Waals surface area (Å²) >= 11 is 6.21. The van der Waals surface area contributed by atoms with Gasteiger partial charge in [0.25, 0.3) is 15.9 Å². The van der Waals surface area contributed by atoms with Gasteiger partial charge in [-0.1, -0.05) is 36.2 Å². The van der Waals surface area contributed by atoms with E-state index >= 15 is 0 Å². The largest absolute Gasteiger partial charge is 0.416 e. The molecule has 1 saturated heterocycles. The highest BCUT2D eigenvalue weighted by Crippen LogP contribution is 2.35. The number of nitrogens with one attached hydrogen (secondary N) is 1. The summed E-state index contributed by atoms with van der Waals surface area (Å²) in [5.41, 5.74) is -1.30. The fourth-order valence-electron chi connectivity index (χ4n) is 4.45. The van der Waals surface area contributed by atoms with Gasteiger partial charge in [-0.25, -0.2) is 16.8 Å². The van der Waals surface area contributed by atoms with Crippen LogP contribution >= 0.6 is 11.6 Å². The molecule has 0 unspecified atom stereocenters. The number of amides is 1. The minimum Gasteiger partial charge on any atom is -0.322 e. The summed E-state index contributed by atoms with van der Waals surface area (Å²) in [5.74, 6) is -0.759. The van der Waals surface area contributed by atoms with Crippen LogP contribution in [0.25, 0.3) is 0 Å². The van der Waals surface area contributed by atoms with Crippen molar-refractivity contribution in [3.05, 3.63) is 95.5 Å². The third-order valence-electron chi connectivity index (χ3n) is 6.56. The van der Waals surface area contributed by atoms with Gasteiger partial charge in [-0.2, -0.15) is 17.5 Å². The third-order valence-corrected chi connectivity index (χ3v) is 10.7. The predicted molar refractivity (Wildman–Crippen MR) is 155 cm³/mol. The molecular formula is C28H27ClF3N3O5S2. The molecule has 0 atom stereocenters. The molecule has 0 spiro atoms. The smallest absolute Gasteiger partial charge is 0.322 e. The molecular weight excluding hydrogens is 615 g/mol. The van der Waals surface area contributed by atoms with Gasteiger partial charge in [0, 0.05) is 24.3 Å². The van der Waals surface area contributed by atoms with Crippen molar-refractivity contribution in [2.45, 2.75) is 35.2 Å². The van der Waals surface area contributed by atoms with Crippen molar-refractivity contribution < 1.29 is 34.8 Å². The summed E-state index contributed by atoms with van der Waals surface area (Å²) < 4.78 is 95.5. The molecule has 0 aliphatic carbocycles. The number of nitrogens with zero attached hydrogens (tertiary/aromatic N) is 2. The molecule has 0 aromatic heterocycles. The molecule has 0 bridgehead atoms. The molecule has 1 aliphatic rings. The van der Waals surface area contributed by atoms with Gasteiger partial charge in [0.1, 0.15) is 4.90 Å². The van der Waals surface area contributed by atoms with Crippen molar-refractivity contribution in [2.24, 2.45) is 0 Å². The summed E-state index contributed by atoms with van der Waals surface area (Å²) in [6.07, 6.45) is -1.04. The van der Waals surface area contributed by atoms with Gasteiger partial charge in [-0.3, -0.25) is 9.10 Å². The fraction of sp³-hybridized carbons (Fsp3) is 0.250. The van der Waals surface area contributed by atoms with Crippen LogP contribution in [0, 0.1) is 0 Å². The lowest BCUT2D eigenvalue weighted by Gasteiger charge is -2.26. The van der Waals surface area contributed by atoms with E-state index in [2.05, 4.69) is 11.9 Å². The van der Waals surface area contributed by atoms with E-state index in [-0.39, 0.29) is 33.4 Å². The molecule has 0 radical (unpaired) electrons. The average Bonchev–Trinajstić information content (AvgIpc) is 2.96. The van der Waals surface area contributed by atoms with Crippen LogP contribution in [-0.2, 0) is 26.2 Å². The van der Waals surface area contributed by atoms with Gasteiger partial charge >= 0.3 is 6.18 Å². The summed E-state index contributed by atoms with van der Waals surface area (Å²) in [7, 11) is -8.35. The van der Waals surface area contributed by atoms with E-state index in [0.29, 0.717) is 23.5 Å². The van der Waals surface area contributed by atoms with Crippen LogP contribution in [0.4, 0.5) is 24.5 Å². The third kappa shape index (κ3) is 6.80. The van der Waals surface area contributed by atoms with Crippen LogP contribution in [0.15, 0.2) is 89.2 Å². The van der Waals surface area contributed by atoms with Crippen molar-refractivity contribution in [3.8, 4) is 0 Å². The highest BCUT2D eigenvalue weighted by Gasteiger charge is 2.33. The number of halogens is 4. The van der Waals surface area contributed by atoms with Crippen molar-refractivity contribution >= 4 is 48.9 Å². The zero-order valence-corrected chi connectivity index (χ0v) is 24.5. The van der Waals surface area contributed by atoms with E-state index in [4.69, 9.17) is 11.6 Å². The van der Waals surface area contributed by atoms with Crippen LogP contribution < -0.4 is 9.62 Å². The minimum absolute atomic E-state index is 0.00253. The first-order valence-electron chi connectivity index (χ1n) is 12.8. The number of rotatable bonds is 9. The van der Waals surface area contributed by atoms with Gasteiger partial charge < -0.3 is 5.32 Å². The Labute approximate surface area is 247 Å². The van der Waals surface area contributed by atoms with Crippen LogP contribution in [0.1, 0.15) is 35.2 Å². The maximum atomic E-state index is 13.7. The lowest BCUT2D eigenvalue weighted by atomic mass is 10.2. The fourth-order valence-corrected chi connectivity index (χ4v) is 7.94. The Kier molecular flexibility index (Phi) is 9.36. The second-order valence-electron chi connectivity index (χ2n) is 9.46. The molecule has 14 heteroatoms. The summed E-state index contributed by atoms with van der Waals surface area (Å²) in [4.78, 5) is 12.6. The number of piperidine rings is 1. The maximum Gasteiger partial charge on any atom is 0.416 e. The Balaban J connectivity index is 1.64. The summed E-state index contributed by atoms with van der Waals surface area (Å²) in [6, 6.07) is 12.9. The highest BCUT2D eigenvalue weighted by molar-refractivity contribution is 7.93. The molecule has 1 N–H and O–H groups in total. The molecule has 4 rings (SSSR count). The number of sulfonamides is 2. The van der Waals surface area contributed by atoms with E-state index in [9.17, 15) is 34.8 Å². The first-order valence-corrected chi connectivity index (χ1v) is 16.0.